The van der Waals surface area contributed by atoms with Gasteiger partial charge in [0.25, 0.3) is 5.91 Å². The topological polar surface area (TPSA) is 94.4 Å². The van der Waals surface area contributed by atoms with Crippen molar-refractivity contribution in [2.45, 2.75) is 39.2 Å². The first-order valence-corrected chi connectivity index (χ1v) is 8.15. The normalized spacial score (nSPS) is 13.8. The lowest BCUT2D eigenvalue weighted by molar-refractivity contribution is -0.390. The van der Waals surface area contributed by atoms with Crippen LogP contribution in [0.4, 0.5) is 11.5 Å². The molecule has 0 unspecified atom stereocenters. The second-order valence-electron chi connectivity index (χ2n) is 6.12. The Morgan fingerprint density at radius 1 is 1.28 bits per heavy atom. The molecular weight excluding hydrogens is 322 g/mol. The number of fused-ring (bicyclic) bond motifs is 1. The molecule has 25 heavy (non-hydrogen) atoms. The molecule has 1 atom stereocenters. The van der Waals surface area contributed by atoms with Gasteiger partial charge in [-0.3, -0.25) is 4.79 Å². The lowest BCUT2D eigenvalue weighted by atomic mass is 10.1. The molecule has 0 saturated carbocycles. The quantitative estimate of drug-likeness (QED) is 0.666. The fraction of sp³-hybridized carbons (Fsp3) is 0.333. The number of pyridine rings is 1. The smallest absolute Gasteiger partial charge is 0.406 e. The number of benzene rings is 1. The van der Waals surface area contributed by atoms with E-state index in [4.69, 9.17) is 4.74 Å². The zero-order valence-corrected chi connectivity index (χ0v) is 14.1. The minimum Gasteiger partial charge on any atom is -0.473 e. The third-order valence-corrected chi connectivity index (χ3v) is 4.19. The van der Waals surface area contributed by atoms with E-state index < -0.39 is 16.8 Å². The maximum Gasteiger partial charge on any atom is 0.406 e. The Labute approximate surface area is 145 Å². The molecule has 0 spiro atoms. The molecular formula is C18H19N3O4. The van der Waals surface area contributed by atoms with E-state index in [-0.39, 0.29) is 11.7 Å². The van der Waals surface area contributed by atoms with Crippen molar-refractivity contribution in [1.82, 2.24) is 4.98 Å². The number of nitro groups is 1. The fourth-order valence-corrected chi connectivity index (χ4v) is 2.89. The van der Waals surface area contributed by atoms with E-state index >= 15 is 0 Å². The maximum absolute atomic E-state index is 12.3. The average molecular weight is 341 g/mol. The molecule has 1 aliphatic carbocycles. The summed E-state index contributed by atoms with van der Waals surface area (Å²) in [6.07, 6.45) is 2.34. The first-order chi connectivity index (χ1) is 11.9. The van der Waals surface area contributed by atoms with E-state index in [1.807, 2.05) is 18.2 Å². The van der Waals surface area contributed by atoms with Gasteiger partial charge in [0.2, 0.25) is 5.75 Å². The van der Waals surface area contributed by atoms with Gasteiger partial charge >= 0.3 is 5.82 Å². The number of nitrogens with one attached hydrogen (secondary N) is 1. The van der Waals surface area contributed by atoms with Gasteiger partial charge in [-0.2, -0.15) is 0 Å². The van der Waals surface area contributed by atoms with Crippen molar-refractivity contribution in [3.63, 3.8) is 0 Å². The van der Waals surface area contributed by atoms with Gasteiger partial charge in [0.1, 0.15) is 5.69 Å². The van der Waals surface area contributed by atoms with E-state index in [0.717, 1.165) is 19.3 Å². The van der Waals surface area contributed by atoms with Crippen molar-refractivity contribution < 1.29 is 14.5 Å². The summed E-state index contributed by atoms with van der Waals surface area (Å²) in [5, 5.41) is 13.9. The second-order valence-corrected chi connectivity index (χ2v) is 6.12. The van der Waals surface area contributed by atoms with Gasteiger partial charge in [-0.05, 0) is 71.5 Å². The van der Waals surface area contributed by atoms with Crippen LogP contribution in [0.15, 0.2) is 30.3 Å². The SMILES string of the molecule is Cc1ccc(O[C@@H](C)C(=O)Nc2ccc3c(c2)CCC3)c([N+](=O)[O-])n1. The molecule has 1 aromatic carbocycles. The highest BCUT2D eigenvalue weighted by Crippen LogP contribution is 2.27. The highest BCUT2D eigenvalue weighted by molar-refractivity contribution is 5.94. The summed E-state index contributed by atoms with van der Waals surface area (Å²) in [7, 11) is 0. The Bertz CT molecular complexity index is 835. The highest BCUT2D eigenvalue weighted by atomic mass is 16.6. The summed E-state index contributed by atoms with van der Waals surface area (Å²) in [6.45, 7) is 3.20. The summed E-state index contributed by atoms with van der Waals surface area (Å²) >= 11 is 0. The van der Waals surface area contributed by atoms with Crippen LogP contribution in [0.25, 0.3) is 0 Å². The largest absolute Gasteiger partial charge is 0.473 e. The van der Waals surface area contributed by atoms with E-state index in [1.165, 1.54) is 17.2 Å². The van der Waals surface area contributed by atoms with Crippen molar-refractivity contribution in [1.29, 1.82) is 0 Å². The van der Waals surface area contributed by atoms with E-state index in [2.05, 4.69) is 10.3 Å². The average Bonchev–Trinajstić information content (AvgIpc) is 3.03. The Morgan fingerprint density at radius 3 is 2.80 bits per heavy atom. The van der Waals surface area contributed by atoms with Gasteiger partial charge in [0, 0.05) is 12.6 Å². The molecule has 0 bridgehead atoms. The summed E-state index contributed by atoms with van der Waals surface area (Å²) in [5.41, 5.74) is 3.79. The molecule has 0 saturated heterocycles. The van der Waals surface area contributed by atoms with Crippen LogP contribution < -0.4 is 10.1 Å². The Hall–Kier alpha value is -2.96. The highest BCUT2D eigenvalue weighted by Gasteiger charge is 2.23. The minimum atomic E-state index is -0.892. The van der Waals surface area contributed by atoms with Gasteiger partial charge in [-0.25, -0.2) is 0 Å². The van der Waals surface area contributed by atoms with Crippen LogP contribution in [-0.4, -0.2) is 21.9 Å². The number of rotatable bonds is 5. The number of hydrogen-bond donors (Lipinski definition) is 1. The Morgan fingerprint density at radius 2 is 2.04 bits per heavy atom. The van der Waals surface area contributed by atoms with Crippen molar-refractivity contribution in [2.24, 2.45) is 0 Å². The van der Waals surface area contributed by atoms with Crippen molar-refractivity contribution >= 4 is 17.4 Å². The van der Waals surface area contributed by atoms with Crippen LogP contribution in [-0.2, 0) is 17.6 Å². The first-order valence-electron chi connectivity index (χ1n) is 8.15. The zero-order chi connectivity index (χ0) is 18.0. The number of anilines is 1. The van der Waals surface area contributed by atoms with Gasteiger partial charge in [-0.15, -0.1) is 0 Å². The van der Waals surface area contributed by atoms with Crippen molar-refractivity contribution in [2.75, 3.05) is 5.32 Å². The first kappa shape index (κ1) is 16.9. The lowest BCUT2D eigenvalue weighted by Gasteiger charge is -2.15. The van der Waals surface area contributed by atoms with Crippen LogP contribution >= 0.6 is 0 Å². The molecule has 0 aliphatic heterocycles. The van der Waals surface area contributed by atoms with Crippen LogP contribution in [0.5, 0.6) is 5.75 Å². The van der Waals surface area contributed by atoms with E-state index in [1.54, 1.807) is 19.9 Å². The molecule has 0 radical (unpaired) electrons. The van der Waals surface area contributed by atoms with E-state index in [0.29, 0.717) is 11.4 Å². The van der Waals surface area contributed by atoms with Crippen molar-refractivity contribution in [3.8, 4) is 5.75 Å². The van der Waals surface area contributed by atoms with Crippen LogP contribution in [0, 0.1) is 17.0 Å². The lowest BCUT2D eigenvalue weighted by Crippen LogP contribution is -2.30. The maximum atomic E-state index is 12.3. The molecule has 1 N–H and O–H groups in total. The molecule has 3 rings (SSSR count). The Kier molecular flexibility index (Phi) is 4.65. The number of carbonyl (C=O) groups excluding carboxylic acids is 1. The zero-order valence-electron chi connectivity index (χ0n) is 14.1. The van der Waals surface area contributed by atoms with Gasteiger partial charge in [-0.1, -0.05) is 6.07 Å². The number of carbonyl (C=O) groups is 1. The number of amides is 1. The summed E-state index contributed by atoms with van der Waals surface area (Å²) in [6, 6.07) is 8.93. The molecule has 1 amide bonds. The molecule has 130 valence electrons. The second kappa shape index (κ2) is 6.88. The molecule has 1 heterocycles. The van der Waals surface area contributed by atoms with Crippen molar-refractivity contribution in [3.05, 3.63) is 57.3 Å². The molecule has 0 fully saturated rings. The minimum absolute atomic E-state index is 0.0211. The van der Waals surface area contributed by atoms with Crippen LogP contribution in [0.1, 0.15) is 30.2 Å². The van der Waals surface area contributed by atoms with Crippen LogP contribution in [0.3, 0.4) is 0 Å². The predicted octanol–water partition coefficient (Wildman–Crippen LogP) is 3.19. The number of aromatic nitrogens is 1. The number of nitrogens with zero attached hydrogens (tertiary/aromatic N) is 2. The molecule has 7 heteroatoms. The van der Waals surface area contributed by atoms with Gasteiger partial charge in [0.15, 0.2) is 6.10 Å². The summed E-state index contributed by atoms with van der Waals surface area (Å²) in [4.78, 5) is 26.7. The fourth-order valence-electron chi connectivity index (χ4n) is 2.89. The van der Waals surface area contributed by atoms with Gasteiger partial charge < -0.3 is 20.2 Å². The molecule has 2 aromatic rings. The summed E-state index contributed by atoms with van der Waals surface area (Å²) < 4.78 is 5.47. The standard InChI is InChI=1S/C18H19N3O4/c1-11-6-9-16(17(19-11)21(23)24)25-12(2)18(22)20-15-8-7-13-4-3-5-14(13)10-15/h6-10,12H,3-5H2,1-2H3,(H,20,22)/t12-/m0/s1. The molecule has 1 aromatic heterocycles. The van der Waals surface area contributed by atoms with Crippen LogP contribution in [0.2, 0.25) is 0 Å². The third kappa shape index (κ3) is 3.76. The molecule has 1 aliphatic rings. The summed E-state index contributed by atoms with van der Waals surface area (Å²) in [5.74, 6) is -0.780. The molecule has 7 nitrogen and oxygen atoms in total. The predicted molar refractivity (Wildman–Crippen MR) is 92.8 cm³/mol. The Balaban J connectivity index is 1.70. The number of hydrogen-bond acceptors (Lipinski definition) is 5. The monoisotopic (exact) mass is 341 g/mol. The van der Waals surface area contributed by atoms with E-state index in [9.17, 15) is 14.9 Å². The number of ether oxygens (including phenoxy) is 1. The third-order valence-electron chi connectivity index (χ3n) is 4.19. The number of aryl methyl sites for hydroxylation is 3. The van der Waals surface area contributed by atoms with Gasteiger partial charge in [0.05, 0.1) is 0 Å².